The highest BCUT2D eigenvalue weighted by Gasteiger charge is 2.23. The first-order valence-corrected chi connectivity index (χ1v) is 7.54. The zero-order valence-electron chi connectivity index (χ0n) is 14.0. The van der Waals surface area contributed by atoms with Gasteiger partial charge < -0.3 is 5.11 Å². The molecule has 0 amide bonds. The van der Waals surface area contributed by atoms with Gasteiger partial charge in [0.15, 0.2) is 0 Å². The van der Waals surface area contributed by atoms with Crippen LogP contribution in [-0.4, -0.2) is 5.11 Å². The van der Waals surface area contributed by atoms with Crippen molar-refractivity contribution in [3.05, 3.63) is 53.6 Å². The van der Waals surface area contributed by atoms with Crippen LogP contribution in [0.4, 0.5) is 0 Å². The van der Waals surface area contributed by atoms with Gasteiger partial charge in [0, 0.05) is 5.56 Å². The third-order valence-corrected chi connectivity index (χ3v) is 3.89. The van der Waals surface area contributed by atoms with Crippen molar-refractivity contribution >= 4 is 0 Å². The minimum absolute atomic E-state index is 0.0267. The third-order valence-electron chi connectivity index (χ3n) is 3.89. The predicted octanol–water partition coefficient (Wildman–Crippen LogP) is 5.65. The number of hydrogen-bond donors (Lipinski definition) is 1. The lowest BCUT2D eigenvalue weighted by Crippen LogP contribution is -2.17. The van der Waals surface area contributed by atoms with E-state index in [2.05, 4.69) is 59.7 Å². The molecule has 1 heteroatoms. The van der Waals surface area contributed by atoms with E-state index in [1.165, 1.54) is 11.1 Å². The lowest BCUT2D eigenvalue weighted by Gasteiger charge is -2.27. The molecule has 1 N–H and O–H groups in total. The molecular weight excluding hydrogens is 256 g/mol. The van der Waals surface area contributed by atoms with E-state index in [4.69, 9.17) is 0 Å². The summed E-state index contributed by atoms with van der Waals surface area (Å²) in [6, 6.07) is 14.2. The van der Waals surface area contributed by atoms with Gasteiger partial charge in [0.1, 0.15) is 5.75 Å². The van der Waals surface area contributed by atoms with Crippen LogP contribution in [0.1, 0.15) is 52.7 Å². The van der Waals surface area contributed by atoms with Gasteiger partial charge in [-0.2, -0.15) is 0 Å². The van der Waals surface area contributed by atoms with Crippen LogP contribution in [-0.2, 0) is 10.8 Å². The number of phenolic OH excluding ortho intramolecular Hbond substituents is 1. The van der Waals surface area contributed by atoms with Gasteiger partial charge in [0.2, 0.25) is 0 Å². The Labute approximate surface area is 128 Å². The number of rotatable bonds is 1. The maximum absolute atomic E-state index is 10.2. The Bertz CT molecular complexity index is 640. The van der Waals surface area contributed by atoms with E-state index in [1.807, 2.05) is 18.2 Å². The average Bonchev–Trinajstić information content (AvgIpc) is 2.36. The maximum atomic E-state index is 10.2. The second-order valence-corrected chi connectivity index (χ2v) is 7.78. The molecule has 112 valence electrons. The topological polar surface area (TPSA) is 20.2 Å². The first-order valence-electron chi connectivity index (χ1n) is 7.54. The highest BCUT2D eigenvalue weighted by molar-refractivity contribution is 5.74. The van der Waals surface area contributed by atoms with Crippen LogP contribution in [0, 0.1) is 0 Å². The minimum atomic E-state index is 0.0267. The van der Waals surface area contributed by atoms with Crippen molar-refractivity contribution in [3.63, 3.8) is 0 Å². The van der Waals surface area contributed by atoms with Gasteiger partial charge in [0.05, 0.1) is 0 Å². The standard InChI is InChI=1S/C20H26O/c1-19(2,3)14-11-12-15(17(13-14)20(4,5)6)16-9-7-8-10-18(16)21/h7-13,21H,1-6H3. The van der Waals surface area contributed by atoms with Crippen molar-refractivity contribution in [1.82, 2.24) is 0 Å². The van der Waals surface area contributed by atoms with Crippen molar-refractivity contribution in [1.29, 1.82) is 0 Å². The summed E-state index contributed by atoms with van der Waals surface area (Å²) >= 11 is 0. The molecule has 0 spiro atoms. The molecule has 21 heavy (non-hydrogen) atoms. The van der Waals surface area contributed by atoms with E-state index < -0.39 is 0 Å². The summed E-state index contributed by atoms with van der Waals surface area (Å²) in [7, 11) is 0. The highest BCUT2D eigenvalue weighted by Crippen LogP contribution is 2.39. The highest BCUT2D eigenvalue weighted by atomic mass is 16.3. The van der Waals surface area contributed by atoms with E-state index in [9.17, 15) is 5.11 Å². The van der Waals surface area contributed by atoms with E-state index >= 15 is 0 Å². The van der Waals surface area contributed by atoms with Gasteiger partial charge in [-0.15, -0.1) is 0 Å². The van der Waals surface area contributed by atoms with Crippen LogP contribution < -0.4 is 0 Å². The molecule has 0 radical (unpaired) electrons. The lowest BCUT2D eigenvalue weighted by molar-refractivity contribution is 0.477. The van der Waals surface area contributed by atoms with Crippen molar-refractivity contribution in [2.75, 3.05) is 0 Å². The summed E-state index contributed by atoms with van der Waals surface area (Å²) in [4.78, 5) is 0. The third kappa shape index (κ3) is 3.29. The summed E-state index contributed by atoms with van der Waals surface area (Å²) < 4.78 is 0. The molecule has 0 fully saturated rings. The van der Waals surface area contributed by atoms with E-state index in [0.717, 1.165) is 11.1 Å². The first-order chi connectivity index (χ1) is 9.60. The molecule has 2 aromatic rings. The molecule has 0 saturated heterocycles. The maximum Gasteiger partial charge on any atom is 0.123 e. The van der Waals surface area contributed by atoms with Gasteiger partial charge in [-0.05, 0) is 33.6 Å². The zero-order chi connectivity index (χ0) is 15.8. The van der Waals surface area contributed by atoms with Gasteiger partial charge in [-0.1, -0.05) is 77.9 Å². The van der Waals surface area contributed by atoms with E-state index in [0.29, 0.717) is 5.75 Å². The Morgan fingerprint density at radius 2 is 1.33 bits per heavy atom. The SMILES string of the molecule is CC(C)(C)c1ccc(-c2ccccc2O)c(C(C)(C)C)c1. The van der Waals surface area contributed by atoms with Crippen molar-refractivity contribution in [3.8, 4) is 16.9 Å². The van der Waals surface area contributed by atoms with Gasteiger partial charge >= 0.3 is 0 Å². The minimum Gasteiger partial charge on any atom is -0.507 e. The summed E-state index contributed by atoms with van der Waals surface area (Å²) in [5, 5.41) is 10.2. The fourth-order valence-electron chi connectivity index (χ4n) is 2.57. The summed E-state index contributed by atoms with van der Waals surface area (Å²) in [5.41, 5.74) is 4.77. The quantitative estimate of drug-likeness (QED) is 0.716. The molecule has 0 saturated carbocycles. The Morgan fingerprint density at radius 1 is 0.714 bits per heavy atom. The number of para-hydroxylation sites is 1. The number of aromatic hydroxyl groups is 1. The zero-order valence-corrected chi connectivity index (χ0v) is 14.0. The van der Waals surface area contributed by atoms with Gasteiger partial charge in [-0.25, -0.2) is 0 Å². The summed E-state index contributed by atoms with van der Waals surface area (Å²) in [5.74, 6) is 0.339. The van der Waals surface area contributed by atoms with Crippen LogP contribution in [0.2, 0.25) is 0 Å². The fraction of sp³-hybridized carbons (Fsp3) is 0.400. The molecule has 0 aliphatic heterocycles. The lowest BCUT2D eigenvalue weighted by atomic mass is 9.77. The fourth-order valence-corrected chi connectivity index (χ4v) is 2.57. The van der Waals surface area contributed by atoms with Gasteiger partial charge in [0.25, 0.3) is 0 Å². The molecule has 0 atom stereocenters. The summed E-state index contributed by atoms with van der Waals surface area (Å²) in [6.45, 7) is 13.4. The average molecular weight is 282 g/mol. The molecular formula is C20H26O. The second-order valence-electron chi connectivity index (χ2n) is 7.78. The molecule has 0 aromatic heterocycles. The van der Waals surface area contributed by atoms with E-state index in [-0.39, 0.29) is 10.8 Å². The Balaban J connectivity index is 2.70. The van der Waals surface area contributed by atoms with Gasteiger partial charge in [-0.3, -0.25) is 0 Å². The van der Waals surface area contributed by atoms with Crippen LogP contribution in [0.15, 0.2) is 42.5 Å². The largest absolute Gasteiger partial charge is 0.507 e. The number of phenols is 1. The molecule has 2 rings (SSSR count). The Morgan fingerprint density at radius 3 is 1.86 bits per heavy atom. The molecule has 2 aromatic carbocycles. The summed E-state index contributed by atoms with van der Waals surface area (Å²) in [6.07, 6.45) is 0. The van der Waals surface area contributed by atoms with Crippen LogP contribution >= 0.6 is 0 Å². The van der Waals surface area contributed by atoms with E-state index in [1.54, 1.807) is 6.07 Å². The Hall–Kier alpha value is -1.76. The Kier molecular flexibility index (Phi) is 3.88. The molecule has 0 heterocycles. The van der Waals surface area contributed by atoms with Crippen molar-refractivity contribution in [2.24, 2.45) is 0 Å². The number of hydrogen-bond acceptors (Lipinski definition) is 1. The molecule has 0 aliphatic rings. The smallest absolute Gasteiger partial charge is 0.123 e. The molecule has 1 nitrogen and oxygen atoms in total. The number of benzene rings is 2. The molecule has 0 aliphatic carbocycles. The predicted molar refractivity (Wildman–Crippen MR) is 90.9 cm³/mol. The second kappa shape index (κ2) is 5.22. The van der Waals surface area contributed by atoms with Crippen LogP contribution in [0.25, 0.3) is 11.1 Å². The molecule has 0 unspecified atom stereocenters. The van der Waals surface area contributed by atoms with Crippen molar-refractivity contribution < 1.29 is 5.11 Å². The van der Waals surface area contributed by atoms with Crippen molar-refractivity contribution in [2.45, 2.75) is 52.4 Å². The first kappa shape index (κ1) is 15.6. The van der Waals surface area contributed by atoms with Crippen LogP contribution in [0.5, 0.6) is 5.75 Å². The molecule has 0 bridgehead atoms. The monoisotopic (exact) mass is 282 g/mol. The normalized spacial score (nSPS) is 12.5. The van der Waals surface area contributed by atoms with Crippen LogP contribution in [0.3, 0.4) is 0 Å².